The van der Waals surface area contributed by atoms with E-state index in [9.17, 15) is 31.1 Å². The van der Waals surface area contributed by atoms with Gasteiger partial charge in [-0.2, -0.15) is 26.3 Å². The second kappa shape index (κ2) is 8.83. The minimum absolute atomic E-state index is 0.163. The van der Waals surface area contributed by atoms with Crippen molar-refractivity contribution in [3.8, 4) is 0 Å². The van der Waals surface area contributed by atoms with Crippen LogP contribution in [0.4, 0.5) is 26.3 Å². The summed E-state index contributed by atoms with van der Waals surface area (Å²) in [5.74, 6) is -4.08. The predicted molar refractivity (Wildman–Crippen MR) is 87.4 cm³/mol. The Morgan fingerprint density at radius 3 is 1.77 bits per heavy atom. The fraction of sp³-hybridized carbons (Fsp3) is 0.944. The summed E-state index contributed by atoms with van der Waals surface area (Å²) in [6.45, 7) is 10.2. The SMILES string of the molecule is CCC(C)CC(C)(C(=O)OCCC(C(F)(F)F)C(F)(F)F)C(C)(C)CC. The zero-order valence-electron chi connectivity index (χ0n) is 16.3. The summed E-state index contributed by atoms with van der Waals surface area (Å²) in [6.07, 6.45) is -10.3. The van der Waals surface area contributed by atoms with Crippen LogP contribution >= 0.6 is 0 Å². The summed E-state index contributed by atoms with van der Waals surface area (Å²) >= 11 is 0. The molecule has 0 N–H and O–H groups in total. The van der Waals surface area contributed by atoms with E-state index in [4.69, 9.17) is 4.74 Å². The maximum Gasteiger partial charge on any atom is 0.400 e. The summed E-state index contributed by atoms with van der Waals surface area (Å²) in [5, 5.41) is 0. The lowest BCUT2D eigenvalue weighted by Gasteiger charge is -2.43. The third-order valence-corrected chi connectivity index (χ3v) is 5.71. The van der Waals surface area contributed by atoms with E-state index in [0.717, 1.165) is 6.42 Å². The van der Waals surface area contributed by atoms with Crippen molar-refractivity contribution >= 4 is 5.97 Å². The van der Waals surface area contributed by atoms with Crippen LogP contribution in [-0.4, -0.2) is 24.9 Å². The van der Waals surface area contributed by atoms with Gasteiger partial charge in [0.15, 0.2) is 5.92 Å². The van der Waals surface area contributed by atoms with Gasteiger partial charge in [-0.1, -0.05) is 41.0 Å². The second-order valence-corrected chi connectivity index (χ2v) is 7.85. The Labute approximate surface area is 151 Å². The first-order valence-electron chi connectivity index (χ1n) is 8.83. The van der Waals surface area contributed by atoms with Gasteiger partial charge in [0.05, 0.1) is 12.0 Å². The average Bonchev–Trinajstić information content (AvgIpc) is 2.47. The molecule has 0 rings (SSSR count). The molecule has 8 heteroatoms. The molecule has 0 saturated heterocycles. The molecule has 2 nitrogen and oxygen atoms in total. The monoisotopic (exact) mass is 392 g/mol. The number of esters is 1. The maximum atomic E-state index is 12.6. The molecule has 0 aliphatic heterocycles. The van der Waals surface area contributed by atoms with Crippen molar-refractivity contribution < 1.29 is 35.9 Å². The Morgan fingerprint density at radius 2 is 1.42 bits per heavy atom. The van der Waals surface area contributed by atoms with Crippen LogP contribution in [0.25, 0.3) is 0 Å². The molecule has 156 valence electrons. The summed E-state index contributed by atoms with van der Waals surface area (Å²) in [7, 11) is 0. The molecule has 2 unspecified atom stereocenters. The fourth-order valence-electron chi connectivity index (χ4n) is 2.81. The third-order valence-electron chi connectivity index (χ3n) is 5.71. The van der Waals surface area contributed by atoms with Gasteiger partial charge in [0.1, 0.15) is 0 Å². The molecule has 0 bridgehead atoms. The number of ether oxygens (including phenoxy) is 1. The molecule has 26 heavy (non-hydrogen) atoms. The van der Waals surface area contributed by atoms with E-state index in [-0.39, 0.29) is 5.92 Å². The summed E-state index contributed by atoms with van der Waals surface area (Å²) in [6, 6.07) is 0. The van der Waals surface area contributed by atoms with Gasteiger partial charge in [-0.15, -0.1) is 0 Å². The van der Waals surface area contributed by atoms with Crippen molar-refractivity contribution in [3.63, 3.8) is 0 Å². The zero-order valence-corrected chi connectivity index (χ0v) is 16.3. The van der Waals surface area contributed by atoms with E-state index >= 15 is 0 Å². The van der Waals surface area contributed by atoms with Crippen LogP contribution in [0.3, 0.4) is 0 Å². The standard InChI is InChI=1S/C18H30F6O2/c1-7-12(3)11-16(6,15(4,5)8-2)14(25)26-10-9-13(17(19,20)21)18(22,23)24/h12-13H,7-11H2,1-6H3. The number of rotatable bonds is 9. The van der Waals surface area contributed by atoms with E-state index in [0.29, 0.717) is 12.8 Å². The van der Waals surface area contributed by atoms with E-state index in [2.05, 4.69) is 0 Å². The molecular weight excluding hydrogens is 362 g/mol. The predicted octanol–water partition coefficient (Wildman–Crippen LogP) is 6.54. The van der Waals surface area contributed by atoms with Crippen LogP contribution in [0.15, 0.2) is 0 Å². The lowest BCUT2D eigenvalue weighted by molar-refractivity contribution is -0.287. The number of hydrogen-bond acceptors (Lipinski definition) is 2. The first-order chi connectivity index (χ1) is 11.5. The molecular formula is C18H30F6O2. The van der Waals surface area contributed by atoms with Gasteiger partial charge in [0.25, 0.3) is 0 Å². The van der Waals surface area contributed by atoms with E-state index in [1.165, 1.54) is 0 Å². The van der Waals surface area contributed by atoms with Crippen molar-refractivity contribution in [2.75, 3.05) is 6.61 Å². The molecule has 0 aromatic rings. The number of hydrogen-bond donors (Lipinski definition) is 0. The van der Waals surface area contributed by atoms with Crippen LogP contribution in [0, 0.1) is 22.7 Å². The summed E-state index contributed by atoms with van der Waals surface area (Å²) in [4.78, 5) is 12.6. The Morgan fingerprint density at radius 1 is 0.962 bits per heavy atom. The van der Waals surface area contributed by atoms with Crippen molar-refractivity contribution in [1.29, 1.82) is 0 Å². The summed E-state index contributed by atoms with van der Waals surface area (Å²) < 4.78 is 80.4. The molecule has 0 saturated carbocycles. The minimum atomic E-state index is -5.42. The Balaban J connectivity index is 5.23. The first-order valence-corrected chi connectivity index (χ1v) is 8.83. The average molecular weight is 392 g/mol. The molecule has 0 aliphatic rings. The van der Waals surface area contributed by atoms with Crippen molar-refractivity contribution in [2.45, 2.75) is 79.6 Å². The molecule has 0 aliphatic carbocycles. The molecule has 0 spiro atoms. The van der Waals surface area contributed by atoms with Crippen molar-refractivity contribution in [2.24, 2.45) is 22.7 Å². The van der Waals surface area contributed by atoms with Crippen LogP contribution < -0.4 is 0 Å². The van der Waals surface area contributed by atoms with Gasteiger partial charge in [-0.05, 0) is 31.1 Å². The number of carbonyl (C=O) groups excluding carboxylic acids is 1. The first kappa shape index (κ1) is 25.1. The lowest BCUT2D eigenvalue weighted by Crippen LogP contribution is -2.45. The Kier molecular flexibility index (Phi) is 8.50. The van der Waals surface area contributed by atoms with Crippen LogP contribution in [0.2, 0.25) is 0 Å². The Hall–Kier alpha value is -0.950. The zero-order chi connectivity index (χ0) is 21.0. The molecule has 0 heterocycles. The third kappa shape index (κ3) is 6.34. The quantitative estimate of drug-likeness (QED) is 0.329. The van der Waals surface area contributed by atoms with Gasteiger partial charge in [-0.3, -0.25) is 4.79 Å². The smallest absolute Gasteiger partial charge is 0.400 e. The fourth-order valence-corrected chi connectivity index (χ4v) is 2.81. The second-order valence-electron chi connectivity index (χ2n) is 7.85. The lowest BCUT2D eigenvalue weighted by atomic mass is 9.61. The maximum absolute atomic E-state index is 12.6. The summed E-state index contributed by atoms with van der Waals surface area (Å²) in [5.41, 5.74) is -1.51. The molecule has 0 aromatic carbocycles. The Bertz CT molecular complexity index is 442. The topological polar surface area (TPSA) is 26.3 Å². The van der Waals surface area contributed by atoms with Crippen LogP contribution in [0.1, 0.15) is 67.2 Å². The van der Waals surface area contributed by atoms with Crippen LogP contribution in [-0.2, 0) is 9.53 Å². The number of carbonyl (C=O) groups is 1. The number of alkyl halides is 6. The van der Waals surface area contributed by atoms with Gasteiger partial charge < -0.3 is 4.74 Å². The largest absolute Gasteiger partial charge is 0.465 e. The highest BCUT2D eigenvalue weighted by molar-refractivity contribution is 5.77. The van der Waals surface area contributed by atoms with E-state index in [1.807, 2.05) is 34.6 Å². The molecule has 0 fully saturated rings. The number of halogens is 6. The van der Waals surface area contributed by atoms with E-state index in [1.54, 1.807) is 6.92 Å². The molecule has 0 aromatic heterocycles. The van der Waals surface area contributed by atoms with Gasteiger partial charge >= 0.3 is 18.3 Å². The highest BCUT2D eigenvalue weighted by Gasteiger charge is 2.56. The normalized spacial score (nSPS) is 17.1. The van der Waals surface area contributed by atoms with Crippen molar-refractivity contribution in [1.82, 2.24) is 0 Å². The van der Waals surface area contributed by atoms with E-state index < -0.39 is 48.1 Å². The molecule has 0 amide bonds. The molecule has 2 atom stereocenters. The van der Waals surface area contributed by atoms with Crippen molar-refractivity contribution in [3.05, 3.63) is 0 Å². The van der Waals surface area contributed by atoms with Gasteiger partial charge in [0.2, 0.25) is 0 Å². The highest BCUT2D eigenvalue weighted by Crippen LogP contribution is 2.47. The van der Waals surface area contributed by atoms with Gasteiger partial charge in [-0.25, -0.2) is 0 Å². The minimum Gasteiger partial charge on any atom is -0.465 e. The van der Waals surface area contributed by atoms with Crippen LogP contribution in [0.5, 0.6) is 0 Å². The van der Waals surface area contributed by atoms with Gasteiger partial charge in [0, 0.05) is 6.42 Å². The molecule has 0 radical (unpaired) electrons. The highest BCUT2D eigenvalue weighted by atomic mass is 19.4.